The fourth-order valence-corrected chi connectivity index (χ4v) is 2.41. The van der Waals surface area contributed by atoms with Crippen LogP contribution in [-0.4, -0.2) is 18.8 Å². The van der Waals surface area contributed by atoms with Crippen molar-refractivity contribution in [1.29, 1.82) is 0 Å². The molecule has 3 nitrogen and oxygen atoms in total. The van der Waals surface area contributed by atoms with E-state index in [4.69, 9.17) is 10.5 Å². The Balaban J connectivity index is 2.32. The van der Waals surface area contributed by atoms with Crippen LogP contribution < -0.4 is 10.5 Å². The zero-order valence-corrected chi connectivity index (χ0v) is 12.2. The zero-order valence-electron chi connectivity index (χ0n) is 12.2. The first-order valence-electron chi connectivity index (χ1n) is 6.85. The first kappa shape index (κ1) is 15.5. The van der Waals surface area contributed by atoms with Gasteiger partial charge in [-0.25, -0.2) is 4.39 Å². The summed E-state index contributed by atoms with van der Waals surface area (Å²) in [5, 5.41) is 10.5. The molecule has 4 heteroatoms. The molecule has 3 N–H and O–H groups in total. The number of aliphatic hydroxyl groups excluding tert-OH is 1. The number of aryl methyl sites for hydroxylation is 1. The van der Waals surface area contributed by atoms with Gasteiger partial charge in [0.25, 0.3) is 0 Å². The number of benzene rings is 2. The van der Waals surface area contributed by atoms with E-state index in [9.17, 15) is 9.50 Å². The molecule has 0 amide bonds. The molecule has 0 spiro atoms. The van der Waals surface area contributed by atoms with Crippen molar-refractivity contribution < 1.29 is 14.2 Å². The number of aliphatic hydroxyl groups is 1. The van der Waals surface area contributed by atoms with Crippen LogP contribution in [0.1, 0.15) is 28.7 Å². The van der Waals surface area contributed by atoms with Gasteiger partial charge in [0.05, 0.1) is 13.2 Å². The third-order valence-electron chi connectivity index (χ3n) is 3.71. The Morgan fingerprint density at radius 3 is 2.33 bits per heavy atom. The van der Waals surface area contributed by atoms with Gasteiger partial charge in [-0.3, -0.25) is 0 Å². The highest BCUT2D eigenvalue weighted by Crippen LogP contribution is 2.33. The van der Waals surface area contributed by atoms with Crippen LogP contribution in [0, 0.1) is 12.7 Å². The molecule has 2 rings (SSSR count). The van der Waals surface area contributed by atoms with E-state index >= 15 is 0 Å². The third-order valence-corrected chi connectivity index (χ3v) is 3.71. The first-order valence-corrected chi connectivity index (χ1v) is 6.85. The summed E-state index contributed by atoms with van der Waals surface area (Å²) < 4.78 is 18.3. The molecule has 0 heterocycles. The lowest BCUT2D eigenvalue weighted by molar-refractivity contribution is 0.147. The summed E-state index contributed by atoms with van der Waals surface area (Å²) in [6, 6.07) is 11.6. The van der Waals surface area contributed by atoms with Crippen molar-refractivity contribution in [3.63, 3.8) is 0 Å². The van der Waals surface area contributed by atoms with Gasteiger partial charge in [0.15, 0.2) is 0 Å². The minimum Gasteiger partial charge on any atom is -0.496 e. The summed E-state index contributed by atoms with van der Waals surface area (Å²) in [7, 11) is 1.61. The average Bonchev–Trinajstić information content (AvgIpc) is 2.50. The van der Waals surface area contributed by atoms with E-state index < -0.39 is 6.10 Å². The monoisotopic (exact) mass is 289 g/mol. The maximum Gasteiger partial charge on any atom is 0.123 e. The predicted molar refractivity (Wildman–Crippen MR) is 80.9 cm³/mol. The van der Waals surface area contributed by atoms with Crippen molar-refractivity contribution in [2.45, 2.75) is 18.9 Å². The quantitative estimate of drug-likeness (QED) is 0.890. The Kier molecular flexibility index (Phi) is 4.94. The summed E-state index contributed by atoms with van der Waals surface area (Å²) in [5.41, 5.74) is 8.39. The number of rotatable bonds is 5. The molecule has 21 heavy (non-hydrogen) atoms. The van der Waals surface area contributed by atoms with Crippen LogP contribution in [0.15, 0.2) is 42.5 Å². The Bertz CT molecular complexity index is 598. The number of hydrogen-bond donors (Lipinski definition) is 2. The van der Waals surface area contributed by atoms with Crippen molar-refractivity contribution in [1.82, 2.24) is 0 Å². The molecule has 0 bridgehead atoms. The summed E-state index contributed by atoms with van der Waals surface area (Å²) in [6.45, 7) is 2.24. The van der Waals surface area contributed by atoms with Gasteiger partial charge in [-0.05, 0) is 41.8 Å². The standard InChI is InChI=1S/C17H20FNO2/c1-11-3-4-13(9-16(11)21-2)15(10-19)17(20)12-5-7-14(18)8-6-12/h3-9,15,17,20H,10,19H2,1-2H3. The zero-order chi connectivity index (χ0) is 15.4. The van der Waals surface area contributed by atoms with E-state index in [1.807, 2.05) is 25.1 Å². The minimum atomic E-state index is -0.789. The molecule has 0 saturated carbocycles. The number of ether oxygens (including phenoxy) is 1. The molecule has 2 atom stereocenters. The summed E-state index contributed by atoms with van der Waals surface area (Å²) in [6.07, 6.45) is -0.789. The van der Waals surface area contributed by atoms with Gasteiger partial charge in [0.2, 0.25) is 0 Å². The van der Waals surface area contributed by atoms with Gasteiger partial charge in [0, 0.05) is 12.5 Å². The normalized spacial score (nSPS) is 13.8. The molecular weight excluding hydrogens is 269 g/mol. The lowest BCUT2D eigenvalue weighted by Gasteiger charge is -2.23. The topological polar surface area (TPSA) is 55.5 Å². The van der Waals surface area contributed by atoms with Crippen LogP contribution in [0.5, 0.6) is 5.75 Å². The van der Waals surface area contributed by atoms with Crippen molar-refractivity contribution in [3.8, 4) is 5.75 Å². The van der Waals surface area contributed by atoms with Crippen molar-refractivity contribution in [3.05, 3.63) is 65.0 Å². The van der Waals surface area contributed by atoms with Gasteiger partial charge in [-0.1, -0.05) is 24.3 Å². The van der Waals surface area contributed by atoms with Gasteiger partial charge >= 0.3 is 0 Å². The van der Waals surface area contributed by atoms with Crippen LogP contribution in [-0.2, 0) is 0 Å². The molecule has 0 aliphatic heterocycles. The predicted octanol–water partition coefficient (Wildman–Crippen LogP) is 2.92. The van der Waals surface area contributed by atoms with Crippen molar-refractivity contribution >= 4 is 0 Å². The van der Waals surface area contributed by atoms with Crippen molar-refractivity contribution in [2.75, 3.05) is 13.7 Å². The second-order valence-corrected chi connectivity index (χ2v) is 5.07. The second kappa shape index (κ2) is 6.70. The van der Waals surface area contributed by atoms with Crippen LogP contribution in [0.3, 0.4) is 0 Å². The highest BCUT2D eigenvalue weighted by atomic mass is 19.1. The minimum absolute atomic E-state index is 0.273. The van der Waals surface area contributed by atoms with Gasteiger partial charge in [-0.2, -0.15) is 0 Å². The molecule has 0 fully saturated rings. The fourth-order valence-electron chi connectivity index (χ4n) is 2.41. The van der Waals surface area contributed by atoms with E-state index in [1.54, 1.807) is 19.2 Å². The molecule has 0 saturated heterocycles. The molecule has 0 aliphatic carbocycles. The average molecular weight is 289 g/mol. The van der Waals surface area contributed by atoms with E-state index in [1.165, 1.54) is 12.1 Å². The van der Waals surface area contributed by atoms with Gasteiger partial charge in [-0.15, -0.1) is 0 Å². The van der Waals surface area contributed by atoms with Crippen LogP contribution in [0.2, 0.25) is 0 Å². The molecule has 2 aromatic rings. The number of halogens is 1. The van der Waals surface area contributed by atoms with Crippen LogP contribution in [0.4, 0.5) is 4.39 Å². The molecular formula is C17H20FNO2. The number of nitrogens with two attached hydrogens (primary N) is 1. The van der Waals surface area contributed by atoms with E-state index in [0.717, 1.165) is 16.9 Å². The Hall–Kier alpha value is -1.91. The van der Waals surface area contributed by atoms with E-state index in [-0.39, 0.29) is 18.3 Å². The van der Waals surface area contributed by atoms with Crippen LogP contribution >= 0.6 is 0 Å². The Morgan fingerprint density at radius 1 is 1.14 bits per heavy atom. The molecule has 2 aromatic carbocycles. The van der Waals surface area contributed by atoms with E-state index in [2.05, 4.69) is 0 Å². The lowest BCUT2D eigenvalue weighted by Crippen LogP contribution is -2.20. The summed E-state index contributed by atoms with van der Waals surface area (Å²) in [4.78, 5) is 0. The molecule has 0 radical (unpaired) electrons. The van der Waals surface area contributed by atoms with Crippen LogP contribution in [0.25, 0.3) is 0 Å². The smallest absolute Gasteiger partial charge is 0.123 e. The van der Waals surface area contributed by atoms with Crippen molar-refractivity contribution in [2.24, 2.45) is 5.73 Å². The third kappa shape index (κ3) is 3.40. The highest BCUT2D eigenvalue weighted by Gasteiger charge is 2.22. The second-order valence-electron chi connectivity index (χ2n) is 5.07. The fraction of sp³-hybridized carbons (Fsp3) is 0.294. The maximum absolute atomic E-state index is 13.0. The molecule has 0 aromatic heterocycles. The number of methoxy groups -OCH3 is 1. The summed E-state index contributed by atoms with van der Waals surface area (Å²) >= 11 is 0. The first-order chi connectivity index (χ1) is 10.1. The number of hydrogen-bond acceptors (Lipinski definition) is 3. The maximum atomic E-state index is 13.0. The van der Waals surface area contributed by atoms with Gasteiger partial charge in [0.1, 0.15) is 11.6 Å². The Labute approximate surface area is 124 Å². The molecule has 2 unspecified atom stereocenters. The largest absolute Gasteiger partial charge is 0.496 e. The summed E-state index contributed by atoms with van der Waals surface area (Å²) in [5.74, 6) is 0.162. The molecule has 0 aliphatic rings. The molecule has 112 valence electrons. The lowest BCUT2D eigenvalue weighted by atomic mass is 9.88. The Morgan fingerprint density at radius 2 is 1.76 bits per heavy atom. The van der Waals surface area contributed by atoms with Gasteiger partial charge < -0.3 is 15.6 Å². The SMILES string of the molecule is COc1cc(C(CN)C(O)c2ccc(F)cc2)ccc1C. The van der Waals surface area contributed by atoms with E-state index in [0.29, 0.717) is 5.56 Å². The highest BCUT2D eigenvalue weighted by molar-refractivity contribution is 5.39.